The zero-order chi connectivity index (χ0) is 14.9. The van der Waals surface area contributed by atoms with Crippen LogP contribution in [0.4, 0.5) is 4.39 Å². The van der Waals surface area contributed by atoms with Crippen LogP contribution in [0.25, 0.3) is 0 Å². The van der Waals surface area contributed by atoms with E-state index in [0.717, 1.165) is 25.1 Å². The monoisotopic (exact) mass is 420 g/mol. The van der Waals surface area contributed by atoms with Gasteiger partial charge in [-0.1, -0.05) is 11.6 Å². The van der Waals surface area contributed by atoms with E-state index in [1.54, 1.807) is 0 Å². The van der Waals surface area contributed by atoms with Crippen molar-refractivity contribution in [1.29, 1.82) is 0 Å². The van der Waals surface area contributed by atoms with Crippen molar-refractivity contribution in [3.05, 3.63) is 27.4 Å². The van der Waals surface area contributed by atoms with Crippen LogP contribution < -0.4 is 5.32 Å². The van der Waals surface area contributed by atoms with Gasteiger partial charge >= 0.3 is 0 Å². The molecule has 9 heteroatoms. The standard InChI is InChI=1S/C12H15BrClFN2O2S.ClH/c1-16-6-8-2-3-17(7-8)20(18,19)12-10(13)4-9(15)5-11(12)14;/h4-5,8,16H,2-3,6-7H2,1H3;1H. The van der Waals surface area contributed by atoms with E-state index in [1.165, 1.54) is 4.31 Å². The zero-order valence-corrected chi connectivity index (χ0v) is 15.2. The molecular weight excluding hydrogens is 406 g/mol. The van der Waals surface area contributed by atoms with Crippen LogP contribution in [0.5, 0.6) is 0 Å². The third kappa shape index (κ3) is 4.09. The first-order valence-electron chi connectivity index (χ1n) is 6.15. The van der Waals surface area contributed by atoms with E-state index in [-0.39, 0.29) is 32.7 Å². The van der Waals surface area contributed by atoms with E-state index in [1.807, 2.05) is 7.05 Å². The van der Waals surface area contributed by atoms with Crippen LogP contribution in [-0.2, 0) is 10.0 Å². The van der Waals surface area contributed by atoms with Gasteiger partial charge in [-0.15, -0.1) is 12.4 Å². The molecule has 1 unspecified atom stereocenters. The number of nitrogens with zero attached hydrogens (tertiary/aromatic N) is 1. The van der Waals surface area contributed by atoms with Crippen molar-refractivity contribution in [3.8, 4) is 0 Å². The van der Waals surface area contributed by atoms with Gasteiger partial charge in [-0.2, -0.15) is 4.31 Å². The molecule has 0 aliphatic carbocycles. The van der Waals surface area contributed by atoms with Gasteiger partial charge in [0.2, 0.25) is 10.0 Å². The molecule has 0 spiro atoms. The highest BCUT2D eigenvalue weighted by molar-refractivity contribution is 9.10. The van der Waals surface area contributed by atoms with Crippen LogP contribution in [0.3, 0.4) is 0 Å². The maximum absolute atomic E-state index is 13.2. The predicted molar refractivity (Wildman–Crippen MR) is 87.2 cm³/mol. The Balaban J connectivity index is 0.00000220. The van der Waals surface area contributed by atoms with Crippen molar-refractivity contribution < 1.29 is 12.8 Å². The maximum atomic E-state index is 13.2. The molecule has 21 heavy (non-hydrogen) atoms. The Kier molecular flexibility index (Phi) is 6.89. The lowest BCUT2D eigenvalue weighted by Crippen LogP contribution is -2.31. The summed E-state index contributed by atoms with van der Waals surface area (Å²) in [6.07, 6.45) is 0.802. The Bertz CT molecular complexity index is 592. The van der Waals surface area contributed by atoms with E-state index in [9.17, 15) is 12.8 Å². The molecule has 1 saturated heterocycles. The molecule has 0 amide bonds. The number of hydrogen-bond acceptors (Lipinski definition) is 3. The summed E-state index contributed by atoms with van der Waals surface area (Å²) < 4.78 is 40.0. The zero-order valence-electron chi connectivity index (χ0n) is 11.3. The van der Waals surface area contributed by atoms with Gasteiger partial charge in [-0.3, -0.25) is 0 Å². The number of sulfonamides is 1. The van der Waals surface area contributed by atoms with Crippen molar-refractivity contribution in [2.24, 2.45) is 5.92 Å². The summed E-state index contributed by atoms with van der Waals surface area (Å²) >= 11 is 8.99. The smallest absolute Gasteiger partial charge is 0.245 e. The molecule has 1 N–H and O–H groups in total. The Morgan fingerprint density at radius 1 is 1.52 bits per heavy atom. The van der Waals surface area contributed by atoms with Crippen molar-refractivity contribution >= 4 is 50.0 Å². The fourth-order valence-electron chi connectivity index (χ4n) is 2.38. The number of hydrogen-bond donors (Lipinski definition) is 1. The fraction of sp³-hybridized carbons (Fsp3) is 0.500. The van der Waals surface area contributed by atoms with Gasteiger partial charge in [0.05, 0.1) is 5.02 Å². The quantitative estimate of drug-likeness (QED) is 0.812. The van der Waals surface area contributed by atoms with Crippen LogP contribution in [0.2, 0.25) is 5.02 Å². The van der Waals surface area contributed by atoms with E-state index in [0.29, 0.717) is 13.1 Å². The first-order chi connectivity index (χ1) is 9.36. The average molecular weight is 422 g/mol. The second kappa shape index (κ2) is 7.57. The fourth-order valence-corrected chi connectivity index (χ4v) is 5.66. The van der Waals surface area contributed by atoms with Gasteiger partial charge in [-0.25, -0.2) is 12.8 Å². The van der Waals surface area contributed by atoms with E-state index >= 15 is 0 Å². The normalized spacial score (nSPS) is 19.5. The summed E-state index contributed by atoms with van der Waals surface area (Å²) in [7, 11) is -1.87. The van der Waals surface area contributed by atoms with Crippen LogP contribution in [0.15, 0.2) is 21.5 Å². The summed E-state index contributed by atoms with van der Waals surface area (Å²) in [5, 5.41) is 2.94. The van der Waals surface area contributed by atoms with Gasteiger partial charge in [0.15, 0.2) is 0 Å². The molecule has 4 nitrogen and oxygen atoms in total. The van der Waals surface area contributed by atoms with Crippen LogP contribution in [0, 0.1) is 11.7 Å². The van der Waals surface area contributed by atoms with Gasteiger partial charge in [0.25, 0.3) is 0 Å². The molecule has 120 valence electrons. The number of rotatable bonds is 4. The molecule has 1 fully saturated rings. The Morgan fingerprint density at radius 2 is 2.19 bits per heavy atom. The minimum Gasteiger partial charge on any atom is -0.319 e. The topological polar surface area (TPSA) is 49.4 Å². The molecule has 0 radical (unpaired) electrons. The Morgan fingerprint density at radius 3 is 2.76 bits per heavy atom. The SMILES string of the molecule is CNCC1CCN(S(=O)(=O)c2c(Cl)cc(F)cc2Br)C1.Cl. The van der Waals surface area contributed by atoms with Crippen LogP contribution in [-0.4, -0.2) is 39.4 Å². The Labute approximate surface area is 143 Å². The molecule has 1 aromatic carbocycles. The number of halogens is 4. The molecule has 0 saturated carbocycles. The molecule has 1 heterocycles. The summed E-state index contributed by atoms with van der Waals surface area (Å²) in [5.74, 6) is -0.289. The molecule has 2 rings (SSSR count). The molecule has 1 aliphatic heterocycles. The largest absolute Gasteiger partial charge is 0.319 e. The third-order valence-electron chi connectivity index (χ3n) is 3.30. The van der Waals surface area contributed by atoms with Crippen molar-refractivity contribution in [3.63, 3.8) is 0 Å². The summed E-state index contributed by atoms with van der Waals surface area (Å²) in [6, 6.07) is 2.13. The van der Waals surface area contributed by atoms with Crippen molar-refractivity contribution in [1.82, 2.24) is 9.62 Å². The molecule has 1 atom stereocenters. The van der Waals surface area contributed by atoms with E-state index < -0.39 is 15.8 Å². The number of benzene rings is 1. The van der Waals surface area contributed by atoms with Crippen molar-refractivity contribution in [2.45, 2.75) is 11.3 Å². The van der Waals surface area contributed by atoms with Crippen LogP contribution in [0.1, 0.15) is 6.42 Å². The minimum absolute atomic E-state index is 0. The molecular formula is C12H16BrCl2FN2O2S. The lowest BCUT2D eigenvalue weighted by atomic mass is 10.1. The lowest BCUT2D eigenvalue weighted by Gasteiger charge is -2.18. The highest BCUT2D eigenvalue weighted by Gasteiger charge is 2.34. The first kappa shape index (κ1) is 19.1. The minimum atomic E-state index is -3.71. The second-order valence-corrected chi connectivity index (χ2v) is 7.91. The summed E-state index contributed by atoms with van der Waals surface area (Å²) in [5.41, 5.74) is 0. The van der Waals surface area contributed by atoms with Gasteiger partial charge < -0.3 is 5.32 Å². The van der Waals surface area contributed by atoms with E-state index in [2.05, 4.69) is 21.2 Å². The second-order valence-electron chi connectivity index (χ2n) is 4.77. The lowest BCUT2D eigenvalue weighted by molar-refractivity contribution is 0.451. The molecule has 1 aliphatic rings. The predicted octanol–water partition coefficient (Wildman–Crippen LogP) is 2.89. The van der Waals surface area contributed by atoms with Gasteiger partial charge in [0.1, 0.15) is 10.7 Å². The summed E-state index contributed by atoms with van der Waals surface area (Å²) in [4.78, 5) is -0.0642. The van der Waals surface area contributed by atoms with Gasteiger partial charge in [0, 0.05) is 17.6 Å². The highest BCUT2D eigenvalue weighted by Crippen LogP contribution is 2.34. The number of nitrogens with one attached hydrogen (secondary N) is 1. The first-order valence-corrected chi connectivity index (χ1v) is 8.76. The molecule has 0 bridgehead atoms. The van der Waals surface area contributed by atoms with E-state index in [4.69, 9.17) is 11.6 Å². The molecule has 0 aromatic heterocycles. The highest BCUT2D eigenvalue weighted by atomic mass is 79.9. The maximum Gasteiger partial charge on any atom is 0.245 e. The average Bonchev–Trinajstić information content (AvgIpc) is 2.76. The third-order valence-corrected chi connectivity index (χ3v) is 6.57. The van der Waals surface area contributed by atoms with Crippen molar-refractivity contribution in [2.75, 3.05) is 26.7 Å². The van der Waals surface area contributed by atoms with Crippen LogP contribution >= 0.6 is 39.9 Å². The Hall–Kier alpha value is 0.0800. The molecule has 1 aromatic rings. The van der Waals surface area contributed by atoms with Gasteiger partial charge in [-0.05, 0) is 54.0 Å². The summed E-state index contributed by atoms with van der Waals surface area (Å²) in [6.45, 7) is 1.67.